The number of thiophene rings is 1. The number of carbonyl (C=O) groups excluding carboxylic acids is 2. The van der Waals surface area contributed by atoms with Crippen molar-refractivity contribution >= 4 is 46.0 Å². The van der Waals surface area contributed by atoms with Gasteiger partial charge in [-0.05, 0) is 100 Å². The van der Waals surface area contributed by atoms with E-state index < -0.39 is 22.7 Å². The molecule has 47 heavy (non-hydrogen) atoms. The quantitative estimate of drug-likeness (QED) is 0.199. The van der Waals surface area contributed by atoms with Gasteiger partial charge < -0.3 is 10.2 Å². The lowest BCUT2D eigenvalue weighted by Crippen LogP contribution is -2.41. The van der Waals surface area contributed by atoms with E-state index in [-0.39, 0.29) is 11.5 Å². The summed E-state index contributed by atoms with van der Waals surface area (Å²) in [5.41, 5.74) is 4.39. The number of hydrogen-bond acceptors (Lipinski definition) is 7. The normalized spacial score (nSPS) is 18.1. The van der Waals surface area contributed by atoms with Gasteiger partial charge in [0, 0.05) is 42.2 Å². The second-order valence-corrected chi connectivity index (χ2v) is 14.2. The predicted molar refractivity (Wildman–Crippen MR) is 179 cm³/mol. The van der Waals surface area contributed by atoms with Crippen molar-refractivity contribution in [3.63, 3.8) is 0 Å². The summed E-state index contributed by atoms with van der Waals surface area (Å²) in [4.78, 5) is 35.3. The highest BCUT2D eigenvalue weighted by molar-refractivity contribution is 7.17. The number of nitrogens with one attached hydrogen (secondary N) is 2. The molecule has 2 aliphatic heterocycles. The van der Waals surface area contributed by atoms with E-state index in [4.69, 9.17) is 11.6 Å². The van der Waals surface area contributed by atoms with Crippen LogP contribution < -0.4 is 10.7 Å². The molecule has 6 rings (SSSR count). The van der Waals surface area contributed by atoms with Crippen molar-refractivity contribution in [1.29, 1.82) is 0 Å². The third-order valence-corrected chi connectivity index (χ3v) is 10.6. The largest absolute Gasteiger partial charge is 0.417 e. The molecule has 3 aromatic rings. The number of anilines is 1. The number of halogens is 4. The fourth-order valence-electron chi connectivity index (χ4n) is 6.40. The molecule has 1 aliphatic carbocycles. The highest BCUT2D eigenvalue weighted by Crippen LogP contribution is 2.40. The number of likely N-dealkylation sites (tertiary alicyclic amines) is 1. The van der Waals surface area contributed by atoms with Crippen molar-refractivity contribution in [1.82, 2.24) is 20.1 Å². The molecular formula is C34H38ClF3N6O2S. The van der Waals surface area contributed by atoms with E-state index in [0.29, 0.717) is 41.2 Å². The zero-order valence-electron chi connectivity index (χ0n) is 26.4. The maximum atomic E-state index is 13.6. The van der Waals surface area contributed by atoms with Gasteiger partial charge in [-0.1, -0.05) is 29.8 Å². The van der Waals surface area contributed by atoms with Gasteiger partial charge in [0.1, 0.15) is 5.00 Å². The van der Waals surface area contributed by atoms with E-state index in [1.165, 1.54) is 17.4 Å². The Balaban J connectivity index is 1.18. The van der Waals surface area contributed by atoms with E-state index in [0.717, 1.165) is 86.2 Å². The molecule has 2 amide bonds. The van der Waals surface area contributed by atoms with Gasteiger partial charge in [0.2, 0.25) is 0 Å². The molecule has 3 aliphatic rings. The van der Waals surface area contributed by atoms with E-state index >= 15 is 0 Å². The van der Waals surface area contributed by atoms with Crippen molar-refractivity contribution in [2.24, 2.45) is 5.10 Å². The monoisotopic (exact) mass is 686 g/mol. The Morgan fingerprint density at radius 2 is 1.83 bits per heavy atom. The zero-order chi connectivity index (χ0) is 33.3. The van der Waals surface area contributed by atoms with Crippen LogP contribution in [0.3, 0.4) is 0 Å². The summed E-state index contributed by atoms with van der Waals surface area (Å²) < 4.78 is 39.9. The SMILES string of the molecule is CN(C)C1CCN(Cc2cccc(C(=O)Nc3sc4c(c3C(=O)N/N=C/c3ccc(Cl)c(C(F)(F)F)c3)CCN(C3CC3)C4)c2)CC1. The molecule has 2 N–H and O–H groups in total. The van der Waals surface area contributed by atoms with E-state index in [1.54, 1.807) is 6.07 Å². The number of hydrazone groups is 1. The second kappa shape index (κ2) is 14.1. The molecule has 2 aromatic carbocycles. The Labute approximate surface area is 281 Å². The van der Waals surface area contributed by atoms with Crippen LogP contribution in [0.5, 0.6) is 0 Å². The van der Waals surface area contributed by atoms with Gasteiger partial charge in [0.25, 0.3) is 11.8 Å². The average Bonchev–Trinajstić information content (AvgIpc) is 3.82. The topological polar surface area (TPSA) is 80.3 Å². The second-order valence-electron chi connectivity index (χ2n) is 12.7. The van der Waals surface area contributed by atoms with Crippen LogP contribution in [0.2, 0.25) is 5.02 Å². The standard InChI is InChI=1S/C34H38ClF3N6O2S/c1-42(2)24-10-13-43(14-11-24)19-22-4-3-5-23(16-22)31(45)40-33-30(26-12-15-44(25-7-8-25)20-29(26)47-33)32(46)41-39-18-21-6-9-28(35)27(17-21)34(36,37)38/h3-6,9,16-18,24-25H,7-8,10-15,19-20H2,1-2H3,(H,40,45)(H,41,46)/b39-18+. The van der Waals surface area contributed by atoms with Crippen molar-refractivity contribution < 1.29 is 22.8 Å². The van der Waals surface area contributed by atoms with Crippen LogP contribution in [0.1, 0.15) is 73.5 Å². The highest BCUT2D eigenvalue weighted by Gasteiger charge is 2.35. The van der Waals surface area contributed by atoms with Gasteiger partial charge in [-0.25, -0.2) is 5.43 Å². The molecule has 2 fully saturated rings. The molecule has 3 heterocycles. The maximum Gasteiger partial charge on any atom is 0.417 e. The number of rotatable bonds is 9. The third kappa shape index (κ3) is 8.06. The minimum absolute atomic E-state index is 0.130. The fraction of sp³-hybridized carbons (Fsp3) is 0.441. The molecule has 13 heteroatoms. The predicted octanol–water partition coefficient (Wildman–Crippen LogP) is 6.48. The summed E-state index contributed by atoms with van der Waals surface area (Å²) >= 11 is 7.12. The zero-order valence-corrected chi connectivity index (χ0v) is 27.9. The van der Waals surface area contributed by atoms with Gasteiger partial charge in [0.15, 0.2) is 0 Å². The summed E-state index contributed by atoms with van der Waals surface area (Å²) in [6.07, 6.45) is 1.72. The Hall–Kier alpha value is -3.29. The maximum absolute atomic E-state index is 13.6. The Morgan fingerprint density at radius 3 is 2.53 bits per heavy atom. The summed E-state index contributed by atoms with van der Waals surface area (Å²) in [6.45, 7) is 4.27. The summed E-state index contributed by atoms with van der Waals surface area (Å²) in [7, 11) is 4.24. The number of carbonyl (C=O) groups is 2. The molecule has 1 saturated carbocycles. The molecule has 8 nitrogen and oxygen atoms in total. The first-order valence-corrected chi connectivity index (χ1v) is 17.0. The first kappa shape index (κ1) is 33.6. The van der Waals surface area contributed by atoms with Gasteiger partial charge in [-0.2, -0.15) is 18.3 Å². The van der Waals surface area contributed by atoms with E-state index in [1.807, 2.05) is 18.2 Å². The van der Waals surface area contributed by atoms with Gasteiger partial charge in [0.05, 0.1) is 22.4 Å². The lowest BCUT2D eigenvalue weighted by molar-refractivity contribution is -0.137. The van der Waals surface area contributed by atoms with Crippen LogP contribution >= 0.6 is 22.9 Å². The average molecular weight is 687 g/mol. The molecule has 0 radical (unpaired) electrons. The highest BCUT2D eigenvalue weighted by atomic mass is 35.5. The minimum Gasteiger partial charge on any atom is -0.313 e. The van der Waals surface area contributed by atoms with Crippen LogP contribution in [0.25, 0.3) is 0 Å². The Bertz CT molecular complexity index is 1660. The van der Waals surface area contributed by atoms with Crippen LogP contribution in [0.4, 0.5) is 18.2 Å². The van der Waals surface area contributed by atoms with Crippen molar-refractivity contribution in [3.8, 4) is 0 Å². The summed E-state index contributed by atoms with van der Waals surface area (Å²) in [5.74, 6) is -0.844. The third-order valence-electron chi connectivity index (χ3n) is 9.16. The molecule has 0 bridgehead atoms. The number of piperidine rings is 1. The number of amides is 2. The Kier molecular flexibility index (Phi) is 10.0. The number of nitrogens with zero attached hydrogens (tertiary/aromatic N) is 4. The van der Waals surface area contributed by atoms with Crippen LogP contribution in [0.15, 0.2) is 47.6 Å². The molecule has 0 unspecified atom stereocenters. The lowest BCUT2D eigenvalue weighted by atomic mass is 10.0. The van der Waals surface area contributed by atoms with Gasteiger partial charge in [-0.15, -0.1) is 11.3 Å². The first-order chi connectivity index (χ1) is 22.5. The first-order valence-electron chi connectivity index (χ1n) is 15.8. The van der Waals surface area contributed by atoms with Gasteiger partial charge in [-0.3, -0.25) is 19.4 Å². The molecule has 250 valence electrons. The van der Waals surface area contributed by atoms with Crippen molar-refractivity contribution in [2.75, 3.05) is 39.0 Å². The van der Waals surface area contributed by atoms with Crippen molar-refractivity contribution in [3.05, 3.63) is 85.7 Å². The number of fused-ring (bicyclic) bond motifs is 1. The molecular weight excluding hydrogens is 649 g/mol. The smallest absolute Gasteiger partial charge is 0.313 e. The molecule has 1 saturated heterocycles. The Morgan fingerprint density at radius 1 is 1.06 bits per heavy atom. The molecule has 1 aromatic heterocycles. The summed E-state index contributed by atoms with van der Waals surface area (Å²) in [5, 5.41) is 6.97. The van der Waals surface area contributed by atoms with Crippen molar-refractivity contribution in [2.45, 2.75) is 63.5 Å². The van der Waals surface area contributed by atoms with Crippen LogP contribution in [-0.2, 0) is 25.7 Å². The lowest BCUT2D eigenvalue weighted by Gasteiger charge is -2.35. The van der Waals surface area contributed by atoms with Crippen LogP contribution in [0, 0.1) is 0 Å². The molecule has 0 spiro atoms. The molecule has 0 atom stereocenters. The number of hydrogen-bond donors (Lipinski definition) is 2. The van der Waals surface area contributed by atoms with E-state index in [2.05, 4.69) is 44.6 Å². The van der Waals surface area contributed by atoms with Crippen LogP contribution in [-0.4, -0.2) is 78.5 Å². The minimum atomic E-state index is -4.62. The summed E-state index contributed by atoms with van der Waals surface area (Å²) in [6, 6.07) is 12.1. The number of alkyl halides is 3. The van der Waals surface area contributed by atoms with Gasteiger partial charge >= 0.3 is 6.18 Å². The fourth-order valence-corrected chi connectivity index (χ4v) is 7.89. The number of benzene rings is 2. The van der Waals surface area contributed by atoms with E-state index in [9.17, 15) is 22.8 Å².